The normalized spacial score (nSPS) is 10.5. The molecule has 11 heteroatoms. The fourth-order valence-corrected chi connectivity index (χ4v) is 2.58. The van der Waals surface area contributed by atoms with Crippen LogP contribution in [0.2, 0.25) is 0 Å². The highest BCUT2D eigenvalue weighted by Gasteiger charge is 2.20. The highest BCUT2D eigenvalue weighted by molar-refractivity contribution is 5.85. The van der Waals surface area contributed by atoms with Gasteiger partial charge < -0.3 is 9.47 Å². The van der Waals surface area contributed by atoms with Crippen LogP contribution in [0, 0.1) is 24.0 Å². The number of nitro benzene ring substituents is 1. The molecule has 3 aromatic rings. The molecular formula is C19H17N5O6. The van der Waals surface area contributed by atoms with E-state index in [1.54, 1.807) is 6.07 Å². The van der Waals surface area contributed by atoms with Gasteiger partial charge in [0.05, 0.1) is 4.92 Å². The van der Waals surface area contributed by atoms with E-state index in [1.807, 2.05) is 26.0 Å². The average molecular weight is 411 g/mol. The first-order valence-corrected chi connectivity index (χ1v) is 8.78. The summed E-state index contributed by atoms with van der Waals surface area (Å²) in [7, 11) is 0. The number of nitrogens with zero attached hydrogens (tertiary/aromatic N) is 5. The Labute approximate surface area is 170 Å². The maximum Gasteiger partial charge on any atom is 0.378 e. The number of hydrogen-bond donors (Lipinski definition) is 0. The van der Waals surface area contributed by atoms with Crippen LogP contribution in [0.25, 0.3) is 0 Å². The zero-order valence-electron chi connectivity index (χ0n) is 16.1. The van der Waals surface area contributed by atoms with E-state index in [-0.39, 0.29) is 24.7 Å². The monoisotopic (exact) mass is 411 g/mol. The molecule has 0 fully saturated rings. The van der Waals surface area contributed by atoms with E-state index < -0.39 is 16.9 Å². The summed E-state index contributed by atoms with van der Waals surface area (Å²) >= 11 is 0. The lowest BCUT2D eigenvalue weighted by molar-refractivity contribution is -0.384. The summed E-state index contributed by atoms with van der Waals surface area (Å²) in [6.45, 7) is 3.21. The number of aromatic nitrogens is 4. The van der Waals surface area contributed by atoms with Crippen LogP contribution in [0.5, 0.6) is 5.75 Å². The number of ether oxygens (including phenoxy) is 2. The Balaban J connectivity index is 1.60. The van der Waals surface area contributed by atoms with Crippen molar-refractivity contribution < 1.29 is 24.0 Å². The number of hydrogen-bond acceptors (Lipinski definition) is 9. The molecular weight excluding hydrogens is 394 g/mol. The molecule has 0 unspecified atom stereocenters. The van der Waals surface area contributed by atoms with Crippen LogP contribution in [0.15, 0.2) is 42.5 Å². The van der Waals surface area contributed by atoms with Gasteiger partial charge in [-0.25, -0.2) is 14.3 Å². The number of non-ortho nitro benzene ring substituents is 1. The molecule has 3 rings (SSSR count). The third kappa shape index (κ3) is 5.01. The zero-order valence-corrected chi connectivity index (χ0v) is 16.1. The lowest BCUT2D eigenvalue weighted by Gasteiger charge is -2.09. The second kappa shape index (κ2) is 8.90. The molecule has 0 aliphatic carbocycles. The molecule has 1 heterocycles. The molecule has 0 radical (unpaired) electrons. The lowest BCUT2D eigenvalue weighted by atomic mass is 10.1. The van der Waals surface area contributed by atoms with Crippen molar-refractivity contribution in [2.24, 2.45) is 0 Å². The molecule has 1 aromatic heterocycles. The highest BCUT2D eigenvalue weighted by atomic mass is 16.6. The maximum absolute atomic E-state index is 12.3. The second-order valence-electron chi connectivity index (χ2n) is 6.40. The fraction of sp³-hybridized carbons (Fsp3) is 0.211. The standard InChI is InChI=1S/C19H17N5O6/c1-12-3-8-16(13(2)9-12)30-17(25)10-23-18(20-21-22-23)19(26)29-11-14-4-6-15(7-5-14)24(27)28/h3-9H,10-11H2,1-2H3. The predicted molar refractivity (Wildman–Crippen MR) is 102 cm³/mol. The van der Waals surface area contributed by atoms with Crippen LogP contribution < -0.4 is 4.74 Å². The molecule has 0 bridgehead atoms. The Morgan fingerprint density at radius 2 is 1.87 bits per heavy atom. The number of nitro groups is 1. The molecule has 0 aliphatic rings. The SMILES string of the molecule is Cc1ccc(OC(=O)Cn2nnnc2C(=O)OCc2ccc([N+](=O)[O-])cc2)c(C)c1. The number of benzene rings is 2. The Bertz CT molecular complexity index is 1090. The molecule has 2 aromatic carbocycles. The summed E-state index contributed by atoms with van der Waals surface area (Å²) in [5, 5.41) is 21.3. The van der Waals surface area contributed by atoms with Gasteiger partial charge in [-0.1, -0.05) is 17.7 Å². The molecule has 0 atom stereocenters. The Hall–Kier alpha value is -4.15. The third-order valence-electron chi connectivity index (χ3n) is 4.06. The van der Waals surface area contributed by atoms with Crippen LogP contribution in [0.4, 0.5) is 5.69 Å². The van der Waals surface area contributed by atoms with Crippen molar-refractivity contribution in [3.8, 4) is 5.75 Å². The maximum atomic E-state index is 12.3. The van der Waals surface area contributed by atoms with Crippen molar-refractivity contribution in [1.29, 1.82) is 0 Å². The van der Waals surface area contributed by atoms with Crippen molar-refractivity contribution in [2.45, 2.75) is 27.0 Å². The summed E-state index contributed by atoms with van der Waals surface area (Å²) < 4.78 is 11.4. The smallest absolute Gasteiger partial charge is 0.378 e. The average Bonchev–Trinajstić information content (AvgIpc) is 3.16. The summed E-state index contributed by atoms with van der Waals surface area (Å²) in [6, 6.07) is 10.9. The van der Waals surface area contributed by atoms with Crippen LogP contribution >= 0.6 is 0 Å². The highest BCUT2D eigenvalue weighted by Crippen LogP contribution is 2.19. The predicted octanol–water partition coefficient (Wildman–Crippen LogP) is 2.16. The quantitative estimate of drug-likeness (QED) is 0.247. The van der Waals surface area contributed by atoms with Crippen LogP contribution in [-0.4, -0.2) is 37.1 Å². The summed E-state index contributed by atoms with van der Waals surface area (Å²) in [5.41, 5.74) is 2.30. The molecule has 0 aliphatic heterocycles. The minimum absolute atomic E-state index is 0.0728. The van der Waals surface area contributed by atoms with Crippen LogP contribution in [0.1, 0.15) is 27.3 Å². The van der Waals surface area contributed by atoms with Crippen molar-refractivity contribution in [1.82, 2.24) is 20.2 Å². The van der Waals surface area contributed by atoms with Gasteiger partial charge in [0, 0.05) is 12.1 Å². The third-order valence-corrected chi connectivity index (χ3v) is 4.06. The topological polar surface area (TPSA) is 139 Å². The largest absolute Gasteiger partial charge is 0.455 e. The number of carbonyl (C=O) groups is 2. The van der Waals surface area contributed by atoms with E-state index in [9.17, 15) is 19.7 Å². The van der Waals surface area contributed by atoms with E-state index in [2.05, 4.69) is 15.5 Å². The molecule has 0 spiro atoms. The lowest BCUT2D eigenvalue weighted by Crippen LogP contribution is -2.22. The van der Waals surface area contributed by atoms with Crippen LogP contribution in [0.3, 0.4) is 0 Å². The van der Waals surface area contributed by atoms with Gasteiger partial charge in [0.25, 0.3) is 11.5 Å². The number of aryl methyl sites for hydroxylation is 2. The van der Waals surface area contributed by atoms with E-state index in [0.717, 1.165) is 15.8 Å². The molecule has 11 nitrogen and oxygen atoms in total. The van der Waals surface area contributed by atoms with Gasteiger partial charge in [-0.3, -0.25) is 10.1 Å². The molecule has 154 valence electrons. The first kappa shape index (κ1) is 20.6. The zero-order chi connectivity index (χ0) is 21.7. The van der Waals surface area contributed by atoms with E-state index in [0.29, 0.717) is 11.3 Å². The Kier molecular flexibility index (Phi) is 6.11. The van der Waals surface area contributed by atoms with Gasteiger partial charge in [0.1, 0.15) is 18.9 Å². The van der Waals surface area contributed by atoms with Gasteiger partial charge in [-0.05, 0) is 53.6 Å². The van der Waals surface area contributed by atoms with Gasteiger partial charge in [0.15, 0.2) is 0 Å². The van der Waals surface area contributed by atoms with Gasteiger partial charge in [-0.2, -0.15) is 0 Å². The summed E-state index contributed by atoms with van der Waals surface area (Å²) in [6.07, 6.45) is 0. The van der Waals surface area contributed by atoms with Gasteiger partial charge in [0.2, 0.25) is 0 Å². The molecule has 0 N–H and O–H groups in total. The van der Waals surface area contributed by atoms with Gasteiger partial charge in [-0.15, -0.1) is 5.10 Å². The van der Waals surface area contributed by atoms with Crippen LogP contribution in [-0.2, 0) is 22.7 Å². The molecule has 0 saturated carbocycles. The first-order chi connectivity index (χ1) is 14.3. The second-order valence-corrected chi connectivity index (χ2v) is 6.40. The number of rotatable bonds is 7. The van der Waals surface area contributed by atoms with Crippen molar-refractivity contribution in [3.05, 3.63) is 75.1 Å². The Morgan fingerprint density at radius 3 is 2.53 bits per heavy atom. The number of esters is 2. The molecule has 0 saturated heterocycles. The minimum Gasteiger partial charge on any atom is -0.455 e. The molecule has 30 heavy (non-hydrogen) atoms. The van der Waals surface area contributed by atoms with Crippen molar-refractivity contribution >= 4 is 17.6 Å². The van der Waals surface area contributed by atoms with Gasteiger partial charge >= 0.3 is 11.9 Å². The summed E-state index contributed by atoms with van der Waals surface area (Å²) in [5.74, 6) is -1.37. The van der Waals surface area contributed by atoms with Crippen molar-refractivity contribution in [2.75, 3.05) is 0 Å². The number of tetrazole rings is 1. The van der Waals surface area contributed by atoms with E-state index >= 15 is 0 Å². The van der Waals surface area contributed by atoms with Crippen molar-refractivity contribution in [3.63, 3.8) is 0 Å². The Morgan fingerprint density at radius 1 is 1.13 bits per heavy atom. The summed E-state index contributed by atoms with van der Waals surface area (Å²) in [4.78, 5) is 34.6. The molecule has 0 amide bonds. The first-order valence-electron chi connectivity index (χ1n) is 8.78. The van der Waals surface area contributed by atoms with E-state index in [4.69, 9.17) is 9.47 Å². The fourth-order valence-electron chi connectivity index (χ4n) is 2.58. The number of carbonyl (C=O) groups excluding carboxylic acids is 2. The minimum atomic E-state index is -0.849. The van der Waals surface area contributed by atoms with E-state index in [1.165, 1.54) is 24.3 Å².